The lowest BCUT2D eigenvalue weighted by atomic mass is 9.85. The highest BCUT2D eigenvalue weighted by atomic mass is 16.3. The maximum absolute atomic E-state index is 12.2. The number of benzene rings is 1. The van der Waals surface area contributed by atoms with Crippen molar-refractivity contribution in [2.45, 2.75) is 51.6 Å². The van der Waals surface area contributed by atoms with Gasteiger partial charge in [0.25, 0.3) is 5.91 Å². The summed E-state index contributed by atoms with van der Waals surface area (Å²) in [7, 11) is 0. The minimum Gasteiger partial charge on any atom is -0.396 e. The van der Waals surface area contributed by atoms with Gasteiger partial charge in [-0.3, -0.25) is 9.59 Å². The van der Waals surface area contributed by atoms with Crippen LogP contribution < -0.4 is 10.6 Å². The van der Waals surface area contributed by atoms with Gasteiger partial charge < -0.3 is 15.7 Å². The third-order valence-corrected chi connectivity index (χ3v) is 4.68. The van der Waals surface area contributed by atoms with Crippen molar-refractivity contribution in [3.05, 3.63) is 35.9 Å². The number of rotatable bonds is 6. The van der Waals surface area contributed by atoms with Crippen molar-refractivity contribution in [2.24, 2.45) is 5.41 Å². The predicted octanol–water partition coefficient (Wildman–Crippen LogP) is 1.86. The molecular weight excluding hydrogens is 292 g/mol. The highest BCUT2D eigenvalue weighted by molar-refractivity contribution is 5.94. The van der Waals surface area contributed by atoms with Crippen molar-refractivity contribution in [3.63, 3.8) is 0 Å². The molecule has 2 rings (SSSR count). The molecule has 3 atom stereocenters. The molecule has 0 aliphatic heterocycles. The second-order valence-corrected chi connectivity index (χ2v) is 6.77. The molecule has 1 aromatic rings. The highest BCUT2D eigenvalue weighted by Crippen LogP contribution is 2.37. The lowest BCUT2D eigenvalue weighted by molar-refractivity contribution is -0.123. The summed E-state index contributed by atoms with van der Waals surface area (Å²) < 4.78 is 0. The summed E-state index contributed by atoms with van der Waals surface area (Å²) in [6.45, 7) is 3.91. The summed E-state index contributed by atoms with van der Waals surface area (Å²) >= 11 is 0. The van der Waals surface area contributed by atoms with Crippen LogP contribution in [0.1, 0.15) is 49.9 Å². The van der Waals surface area contributed by atoms with Crippen molar-refractivity contribution in [1.29, 1.82) is 0 Å². The summed E-state index contributed by atoms with van der Waals surface area (Å²) in [6.07, 6.45) is 3.07. The Labute approximate surface area is 137 Å². The number of hydrogen-bond acceptors (Lipinski definition) is 3. The van der Waals surface area contributed by atoms with Gasteiger partial charge in [0, 0.05) is 29.5 Å². The van der Waals surface area contributed by atoms with E-state index in [4.69, 9.17) is 0 Å². The fourth-order valence-corrected chi connectivity index (χ4v) is 3.15. The molecule has 1 aromatic carbocycles. The molecule has 5 heteroatoms. The first-order valence-electron chi connectivity index (χ1n) is 8.21. The van der Waals surface area contributed by atoms with Gasteiger partial charge in [-0.1, -0.05) is 31.5 Å². The van der Waals surface area contributed by atoms with Crippen molar-refractivity contribution in [1.82, 2.24) is 10.6 Å². The van der Waals surface area contributed by atoms with Crippen LogP contribution in [-0.4, -0.2) is 35.6 Å². The van der Waals surface area contributed by atoms with Crippen LogP contribution in [0.25, 0.3) is 0 Å². The number of nitrogens with one attached hydrogen (secondary N) is 2. The first-order chi connectivity index (χ1) is 10.9. The second kappa shape index (κ2) is 7.59. The third kappa shape index (κ3) is 4.55. The van der Waals surface area contributed by atoms with Gasteiger partial charge in [-0.25, -0.2) is 0 Å². The van der Waals surface area contributed by atoms with Crippen LogP contribution in [-0.2, 0) is 4.79 Å². The largest absolute Gasteiger partial charge is 0.396 e. The molecule has 1 fully saturated rings. The van der Waals surface area contributed by atoms with E-state index in [-0.39, 0.29) is 42.3 Å². The van der Waals surface area contributed by atoms with E-state index in [1.54, 1.807) is 12.1 Å². The molecule has 0 aromatic heterocycles. The number of aliphatic hydroxyl groups excluding tert-OH is 1. The van der Waals surface area contributed by atoms with Crippen molar-refractivity contribution >= 4 is 11.8 Å². The topological polar surface area (TPSA) is 78.4 Å². The predicted molar refractivity (Wildman–Crippen MR) is 89.0 cm³/mol. The van der Waals surface area contributed by atoms with E-state index >= 15 is 0 Å². The van der Waals surface area contributed by atoms with Crippen LogP contribution in [0.2, 0.25) is 0 Å². The van der Waals surface area contributed by atoms with Crippen LogP contribution in [0.3, 0.4) is 0 Å². The van der Waals surface area contributed by atoms with Gasteiger partial charge in [0.2, 0.25) is 5.91 Å². The molecule has 5 nitrogen and oxygen atoms in total. The molecule has 0 saturated heterocycles. The van der Waals surface area contributed by atoms with Gasteiger partial charge in [-0.05, 0) is 31.9 Å². The fraction of sp³-hybridized carbons (Fsp3) is 0.556. The minimum atomic E-state index is -0.246. The molecule has 3 unspecified atom stereocenters. The Morgan fingerprint density at radius 3 is 2.70 bits per heavy atom. The van der Waals surface area contributed by atoms with E-state index in [1.807, 2.05) is 32.0 Å². The summed E-state index contributed by atoms with van der Waals surface area (Å²) in [6, 6.07) is 8.72. The zero-order valence-electron chi connectivity index (χ0n) is 13.8. The first-order valence-corrected chi connectivity index (χ1v) is 8.21. The van der Waals surface area contributed by atoms with E-state index in [0.717, 1.165) is 19.3 Å². The monoisotopic (exact) mass is 318 g/mol. The molecule has 23 heavy (non-hydrogen) atoms. The van der Waals surface area contributed by atoms with Crippen LogP contribution >= 0.6 is 0 Å². The van der Waals surface area contributed by atoms with Crippen molar-refractivity contribution in [2.75, 3.05) is 6.61 Å². The number of hydrogen-bond donors (Lipinski definition) is 3. The number of amides is 2. The Morgan fingerprint density at radius 2 is 2.04 bits per heavy atom. The normalized spacial score (nSPS) is 24.9. The second-order valence-electron chi connectivity index (χ2n) is 6.77. The Morgan fingerprint density at radius 1 is 1.35 bits per heavy atom. The molecule has 0 spiro atoms. The first kappa shape index (κ1) is 17.5. The summed E-state index contributed by atoms with van der Waals surface area (Å²) in [4.78, 5) is 24.2. The Balaban J connectivity index is 1.82. The summed E-state index contributed by atoms with van der Waals surface area (Å²) in [5.41, 5.74) is 0.357. The zero-order valence-corrected chi connectivity index (χ0v) is 13.8. The molecule has 0 heterocycles. The van der Waals surface area contributed by atoms with Gasteiger partial charge in [-0.2, -0.15) is 0 Å². The van der Waals surface area contributed by atoms with E-state index in [2.05, 4.69) is 10.6 Å². The van der Waals surface area contributed by atoms with Gasteiger partial charge >= 0.3 is 0 Å². The Kier molecular flexibility index (Phi) is 5.77. The number of carbonyl (C=O) groups excluding carboxylic acids is 2. The molecule has 1 saturated carbocycles. The molecule has 0 radical (unpaired) electrons. The smallest absolute Gasteiger partial charge is 0.251 e. The van der Waals surface area contributed by atoms with Crippen LogP contribution in [0.5, 0.6) is 0 Å². The van der Waals surface area contributed by atoms with Crippen LogP contribution in [0.15, 0.2) is 30.3 Å². The van der Waals surface area contributed by atoms with Gasteiger partial charge in [-0.15, -0.1) is 0 Å². The molecule has 0 bridgehead atoms. The molecule has 2 amide bonds. The Hall–Kier alpha value is -1.88. The van der Waals surface area contributed by atoms with Crippen LogP contribution in [0.4, 0.5) is 0 Å². The Bertz CT molecular complexity index is 546. The molecular formula is C18H26N2O3. The van der Waals surface area contributed by atoms with Crippen LogP contribution in [0, 0.1) is 5.41 Å². The number of aliphatic hydroxyl groups is 1. The summed E-state index contributed by atoms with van der Waals surface area (Å²) in [5.74, 6) is -0.260. The zero-order chi connectivity index (χ0) is 16.9. The number of carbonyl (C=O) groups is 2. The van der Waals surface area contributed by atoms with E-state index in [0.29, 0.717) is 5.56 Å². The van der Waals surface area contributed by atoms with Gasteiger partial charge in [0.05, 0.1) is 6.61 Å². The van der Waals surface area contributed by atoms with Crippen molar-refractivity contribution in [3.8, 4) is 0 Å². The maximum atomic E-state index is 12.2. The van der Waals surface area contributed by atoms with Gasteiger partial charge in [0.1, 0.15) is 0 Å². The minimum absolute atomic E-state index is 0.0111. The fourth-order valence-electron chi connectivity index (χ4n) is 3.15. The summed E-state index contributed by atoms with van der Waals surface area (Å²) in [5, 5.41) is 15.4. The lowest BCUT2D eigenvalue weighted by Crippen LogP contribution is -2.46. The quantitative estimate of drug-likeness (QED) is 0.749. The van der Waals surface area contributed by atoms with E-state index in [9.17, 15) is 14.7 Å². The third-order valence-electron chi connectivity index (χ3n) is 4.68. The highest BCUT2D eigenvalue weighted by Gasteiger charge is 2.39. The van der Waals surface area contributed by atoms with E-state index < -0.39 is 0 Å². The standard InChI is InChI=1S/C18H26N2O3/c1-13(19-17(23)14-7-4-3-5-8-14)11-16(22)20-15-9-6-10-18(15,2)12-21/h3-5,7-8,13,15,21H,6,9-12H2,1-2H3,(H,19,23)(H,20,22). The average molecular weight is 318 g/mol. The van der Waals surface area contributed by atoms with Gasteiger partial charge in [0.15, 0.2) is 0 Å². The maximum Gasteiger partial charge on any atom is 0.251 e. The molecule has 3 N–H and O–H groups in total. The SMILES string of the molecule is CC(CC(=O)NC1CCCC1(C)CO)NC(=O)c1ccccc1. The molecule has 126 valence electrons. The lowest BCUT2D eigenvalue weighted by Gasteiger charge is -2.30. The average Bonchev–Trinajstić information content (AvgIpc) is 2.89. The van der Waals surface area contributed by atoms with E-state index in [1.165, 1.54) is 0 Å². The molecule has 1 aliphatic carbocycles. The van der Waals surface area contributed by atoms with Crippen molar-refractivity contribution < 1.29 is 14.7 Å². The molecule has 1 aliphatic rings.